The van der Waals surface area contributed by atoms with Crippen molar-refractivity contribution in [3.63, 3.8) is 0 Å². The Kier molecular flexibility index (Phi) is 5.00. The summed E-state index contributed by atoms with van der Waals surface area (Å²) in [5.41, 5.74) is 5.01. The normalized spacial score (nSPS) is 10.7. The van der Waals surface area contributed by atoms with E-state index in [1.165, 1.54) is 0 Å². The molecule has 0 atom stereocenters. The Labute approximate surface area is 169 Å². The molecular formula is C25H21NO3. The lowest BCUT2D eigenvalue weighted by Gasteiger charge is -2.11. The summed E-state index contributed by atoms with van der Waals surface area (Å²) >= 11 is 0. The average molecular weight is 383 g/mol. The van der Waals surface area contributed by atoms with Gasteiger partial charge in [0.2, 0.25) is 0 Å². The van der Waals surface area contributed by atoms with E-state index in [0.717, 1.165) is 33.3 Å². The van der Waals surface area contributed by atoms with Gasteiger partial charge >= 0.3 is 5.97 Å². The monoisotopic (exact) mass is 383 g/mol. The minimum absolute atomic E-state index is 0.401. The molecule has 1 aromatic heterocycles. The molecule has 29 heavy (non-hydrogen) atoms. The SMILES string of the molecule is COc1ccc(-c2cc(C(=O)Oc3ccc(C)cc3)c3cc(C)ccc3n2)cc1. The second-order valence-electron chi connectivity index (χ2n) is 7.01. The van der Waals surface area contributed by atoms with Crippen LogP contribution < -0.4 is 9.47 Å². The van der Waals surface area contributed by atoms with Crippen LogP contribution in [0, 0.1) is 13.8 Å². The van der Waals surface area contributed by atoms with Gasteiger partial charge in [0.1, 0.15) is 11.5 Å². The molecule has 0 unspecified atom stereocenters. The third-order valence-corrected chi connectivity index (χ3v) is 4.80. The van der Waals surface area contributed by atoms with Gasteiger partial charge < -0.3 is 9.47 Å². The predicted octanol–water partition coefficient (Wildman–Crippen LogP) is 5.75. The van der Waals surface area contributed by atoms with E-state index in [2.05, 4.69) is 0 Å². The number of hydrogen-bond donors (Lipinski definition) is 0. The molecule has 0 saturated heterocycles. The van der Waals surface area contributed by atoms with Gasteiger partial charge in [0.15, 0.2) is 0 Å². The van der Waals surface area contributed by atoms with Crippen molar-refractivity contribution in [1.82, 2.24) is 4.98 Å². The highest BCUT2D eigenvalue weighted by molar-refractivity contribution is 6.05. The fourth-order valence-electron chi connectivity index (χ4n) is 3.19. The lowest BCUT2D eigenvalue weighted by Crippen LogP contribution is -2.10. The first-order valence-electron chi connectivity index (χ1n) is 9.38. The van der Waals surface area contributed by atoms with Gasteiger partial charge in [-0.05, 0) is 68.4 Å². The van der Waals surface area contributed by atoms with Crippen LogP contribution in [0.5, 0.6) is 11.5 Å². The number of carbonyl (C=O) groups excluding carboxylic acids is 1. The van der Waals surface area contributed by atoms with Crippen molar-refractivity contribution in [2.45, 2.75) is 13.8 Å². The van der Waals surface area contributed by atoms with Crippen LogP contribution >= 0.6 is 0 Å². The standard InChI is InChI=1S/C25H21NO3/c1-16-4-9-20(10-5-16)29-25(27)22-15-24(18-7-11-19(28-3)12-8-18)26-23-13-6-17(2)14-21(22)23/h4-15H,1-3H3. The van der Waals surface area contributed by atoms with Crippen LogP contribution in [-0.2, 0) is 0 Å². The second-order valence-corrected chi connectivity index (χ2v) is 7.01. The summed E-state index contributed by atoms with van der Waals surface area (Å²) < 4.78 is 10.9. The van der Waals surface area contributed by atoms with E-state index in [0.29, 0.717) is 17.0 Å². The fourth-order valence-corrected chi connectivity index (χ4v) is 3.19. The molecule has 3 aromatic carbocycles. The van der Waals surface area contributed by atoms with Crippen LogP contribution in [-0.4, -0.2) is 18.1 Å². The van der Waals surface area contributed by atoms with Crippen molar-refractivity contribution in [3.05, 3.63) is 89.5 Å². The number of aryl methyl sites for hydroxylation is 2. The average Bonchev–Trinajstić information content (AvgIpc) is 2.74. The van der Waals surface area contributed by atoms with Crippen LogP contribution in [0.4, 0.5) is 0 Å². The van der Waals surface area contributed by atoms with Gasteiger partial charge in [-0.25, -0.2) is 9.78 Å². The zero-order chi connectivity index (χ0) is 20.4. The van der Waals surface area contributed by atoms with Crippen LogP contribution in [0.1, 0.15) is 21.5 Å². The number of aromatic nitrogens is 1. The number of esters is 1. The minimum atomic E-state index is -0.401. The smallest absolute Gasteiger partial charge is 0.344 e. The lowest BCUT2D eigenvalue weighted by molar-refractivity contribution is 0.0737. The third kappa shape index (κ3) is 3.97. The van der Waals surface area contributed by atoms with Crippen molar-refractivity contribution >= 4 is 16.9 Å². The molecule has 0 saturated carbocycles. The van der Waals surface area contributed by atoms with E-state index in [1.807, 2.05) is 68.4 Å². The number of nitrogens with zero attached hydrogens (tertiary/aromatic N) is 1. The molecule has 144 valence electrons. The van der Waals surface area contributed by atoms with Gasteiger partial charge in [-0.15, -0.1) is 0 Å². The summed E-state index contributed by atoms with van der Waals surface area (Å²) in [6.45, 7) is 3.98. The Balaban J connectivity index is 1.80. The van der Waals surface area contributed by atoms with Crippen molar-refractivity contribution < 1.29 is 14.3 Å². The zero-order valence-electron chi connectivity index (χ0n) is 16.6. The molecule has 4 aromatic rings. The Morgan fingerprint density at radius 1 is 0.793 bits per heavy atom. The second kappa shape index (κ2) is 7.76. The van der Waals surface area contributed by atoms with E-state index < -0.39 is 5.97 Å². The number of rotatable bonds is 4. The van der Waals surface area contributed by atoms with Gasteiger partial charge in [-0.1, -0.05) is 29.3 Å². The van der Waals surface area contributed by atoms with E-state index >= 15 is 0 Å². The molecule has 4 rings (SSSR count). The van der Waals surface area contributed by atoms with Gasteiger partial charge in [0.05, 0.1) is 23.9 Å². The van der Waals surface area contributed by atoms with Crippen molar-refractivity contribution in [3.8, 4) is 22.8 Å². The van der Waals surface area contributed by atoms with Crippen molar-refractivity contribution in [2.24, 2.45) is 0 Å². The van der Waals surface area contributed by atoms with E-state index in [4.69, 9.17) is 14.5 Å². The predicted molar refractivity (Wildman–Crippen MR) is 115 cm³/mol. The maximum atomic E-state index is 13.0. The Bertz CT molecular complexity index is 1180. The largest absolute Gasteiger partial charge is 0.497 e. The van der Waals surface area contributed by atoms with Gasteiger partial charge in [0.25, 0.3) is 0 Å². The molecule has 0 amide bonds. The van der Waals surface area contributed by atoms with Crippen LogP contribution in [0.15, 0.2) is 72.8 Å². The molecule has 0 fully saturated rings. The molecule has 0 N–H and O–H groups in total. The number of methoxy groups -OCH3 is 1. The van der Waals surface area contributed by atoms with Crippen LogP contribution in [0.2, 0.25) is 0 Å². The van der Waals surface area contributed by atoms with Gasteiger partial charge in [-0.2, -0.15) is 0 Å². The molecule has 0 bridgehead atoms. The topological polar surface area (TPSA) is 48.4 Å². The fraction of sp³-hybridized carbons (Fsp3) is 0.120. The van der Waals surface area contributed by atoms with E-state index in [1.54, 1.807) is 25.3 Å². The van der Waals surface area contributed by atoms with Gasteiger partial charge in [0, 0.05) is 10.9 Å². The number of benzene rings is 3. The van der Waals surface area contributed by atoms with Crippen LogP contribution in [0.25, 0.3) is 22.2 Å². The summed E-state index contributed by atoms with van der Waals surface area (Å²) in [5.74, 6) is 0.884. The summed E-state index contributed by atoms with van der Waals surface area (Å²) in [4.78, 5) is 17.8. The van der Waals surface area contributed by atoms with Gasteiger partial charge in [-0.3, -0.25) is 0 Å². The van der Waals surface area contributed by atoms with E-state index in [-0.39, 0.29) is 0 Å². The van der Waals surface area contributed by atoms with Crippen LogP contribution in [0.3, 0.4) is 0 Å². The highest BCUT2D eigenvalue weighted by Gasteiger charge is 2.16. The Morgan fingerprint density at radius 3 is 2.14 bits per heavy atom. The number of ether oxygens (including phenoxy) is 2. The number of carbonyl (C=O) groups is 1. The summed E-state index contributed by atoms with van der Waals surface area (Å²) in [6.07, 6.45) is 0. The number of fused-ring (bicyclic) bond motifs is 1. The highest BCUT2D eigenvalue weighted by Crippen LogP contribution is 2.28. The first-order valence-corrected chi connectivity index (χ1v) is 9.38. The summed E-state index contributed by atoms with van der Waals surface area (Å²) in [6, 6.07) is 22.7. The quantitative estimate of drug-likeness (QED) is 0.333. The Morgan fingerprint density at radius 2 is 1.45 bits per heavy atom. The highest BCUT2D eigenvalue weighted by atomic mass is 16.5. The molecule has 0 spiro atoms. The molecule has 4 nitrogen and oxygen atoms in total. The van der Waals surface area contributed by atoms with Crippen molar-refractivity contribution in [2.75, 3.05) is 7.11 Å². The third-order valence-electron chi connectivity index (χ3n) is 4.80. The Hall–Kier alpha value is -3.66. The maximum Gasteiger partial charge on any atom is 0.344 e. The maximum absolute atomic E-state index is 13.0. The molecule has 4 heteroatoms. The molecular weight excluding hydrogens is 362 g/mol. The van der Waals surface area contributed by atoms with Crippen molar-refractivity contribution in [1.29, 1.82) is 0 Å². The molecule has 1 heterocycles. The first kappa shape index (κ1) is 18.7. The molecule has 0 radical (unpaired) electrons. The first-order chi connectivity index (χ1) is 14.0. The minimum Gasteiger partial charge on any atom is -0.497 e. The molecule has 0 aliphatic rings. The number of hydrogen-bond acceptors (Lipinski definition) is 4. The lowest BCUT2D eigenvalue weighted by atomic mass is 10.0. The zero-order valence-corrected chi connectivity index (χ0v) is 16.6. The summed E-state index contributed by atoms with van der Waals surface area (Å²) in [7, 11) is 1.63. The number of pyridine rings is 1. The summed E-state index contributed by atoms with van der Waals surface area (Å²) in [5, 5.41) is 0.777. The molecule has 0 aliphatic carbocycles. The van der Waals surface area contributed by atoms with E-state index in [9.17, 15) is 4.79 Å². The molecule has 0 aliphatic heterocycles.